The first kappa shape index (κ1) is 25.5. The maximum atomic E-state index is 13.9. The number of aryl methyl sites for hydroxylation is 2. The van der Waals surface area contributed by atoms with Crippen molar-refractivity contribution in [2.75, 3.05) is 0 Å². The van der Waals surface area contributed by atoms with Gasteiger partial charge in [0.25, 0.3) is 5.56 Å². The number of nitrogens with zero attached hydrogens (tertiary/aromatic N) is 5. The predicted octanol–water partition coefficient (Wildman–Crippen LogP) is 4.48. The number of halogens is 3. The van der Waals surface area contributed by atoms with Gasteiger partial charge >= 0.3 is 0 Å². The third-order valence-corrected chi connectivity index (χ3v) is 6.00. The van der Waals surface area contributed by atoms with E-state index in [4.69, 9.17) is 16.3 Å². The highest BCUT2D eigenvalue weighted by molar-refractivity contribution is 6.31. The Kier molecular flexibility index (Phi) is 6.68. The van der Waals surface area contributed by atoms with Crippen LogP contribution in [0.25, 0.3) is 11.5 Å². The summed E-state index contributed by atoms with van der Waals surface area (Å²) in [5, 5.41) is 14.5. The van der Waals surface area contributed by atoms with Crippen molar-refractivity contribution in [3.63, 3.8) is 0 Å². The van der Waals surface area contributed by atoms with Gasteiger partial charge < -0.3 is 9.84 Å². The van der Waals surface area contributed by atoms with Gasteiger partial charge in [0, 0.05) is 35.8 Å². The molecule has 0 aliphatic heterocycles. The van der Waals surface area contributed by atoms with Crippen LogP contribution in [-0.2, 0) is 12.2 Å². The maximum absolute atomic E-state index is 13.9. The molecule has 4 aromatic rings. The number of rotatable bonds is 6. The van der Waals surface area contributed by atoms with Crippen molar-refractivity contribution in [1.82, 2.24) is 24.3 Å². The summed E-state index contributed by atoms with van der Waals surface area (Å²) in [7, 11) is 0. The fourth-order valence-electron chi connectivity index (χ4n) is 3.82. The molecule has 188 valence electrons. The van der Waals surface area contributed by atoms with E-state index >= 15 is 0 Å². The molecule has 0 aliphatic carbocycles. The number of pyridine rings is 3. The summed E-state index contributed by atoms with van der Waals surface area (Å²) < 4.78 is 35.6. The van der Waals surface area contributed by atoms with Crippen LogP contribution in [0.4, 0.5) is 8.78 Å². The van der Waals surface area contributed by atoms with E-state index in [-0.39, 0.29) is 23.1 Å². The predicted molar refractivity (Wildman–Crippen MR) is 130 cm³/mol. The van der Waals surface area contributed by atoms with Gasteiger partial charge in [0.1, 0.15) is 34.5 Å². The lowest BCUT2D eigenvalue weighted by molar-refractivity contribution is 0.0734. The Morgan fingerprint density at radius 2 is 1.86 bits per heavy atom. The van der Waals surface area contributed by atoms with Crippen LogP contribution >= 0.6 is 11.6 Å². The van der Waals surface area contributed by atoms with Gasteiger partial charge in [-0.15, -0.1) is 0 Å². The standard InChI is InChI=1S/C25H24ClF2N5O3/c1-13-10-30-23(32-7-6-20(31-32)25(4,5)35)15(3)22(13)33-14(2)8-19(21(26)24(33)34)36-12-18-17(28)9-16(27)11-29-18/h6-11,35H,12H2,1-5H3. The van der Waals surface area contributed by atoms with Crippen LogP contribution in [0.3, 0.4) is 0 Å². The van der Waals surface area contributed by atoms with E-state index in [2.05, 4.69) is 15.1 Å². The minimum absolute atomic E-state index is 0.0485. The number of hydrogen-bond donors (Lipinski definition) is 1. The zero-order valence-corrected chi connectivity index (χ0v) is 21.1. The number of aromatic nitrogens is 5. The van der Waals surface area contributed by atoms with Gasteiger partial charge in [-0.3, -0.25) is 14.3 Å². The molecular weight excluding hydrogens is 492 g/mol. The smallest absolute Gasteiger partial charge is 0.277 e. The van der Waals surface area contributed by atoms with E-state index in [0.717, 1.165) is 11.8 Å². The van der Waals surface area contributed by atoms with Gasteiger partial charge in [-0.1, -0.05) is 11.6 Å². The van der Waals surface area contributed by atoms with Crippen LogP contribution in [0.1, 0.15) is 42.1 Å². The first-order valence-electron chi connectivity index (χ1n) is 11.0. The Balaban J connectivity index is 1.75. The average Bonchev–Trinajstić information content (AvgIpc) is 3.29. The van der Waals surface area contributed by atoms with E-state index in [9.17, 15) is 18.7 Å². The monoisotopic (exact) mass is 515 g/mol. The van der Waals surface area contributed by atoms with Crippen molar-refractivity contribution in [2.24, 2.45) is 0 Å². The second kappa shape index (κ2) is 9.44. The Bertz CT molecular complexity index is 1530. The second-order valence-corrected chi connectivity index (χ2v) is 9.30. The molecule has 0 atom stereocenters. The SMILES string of the molecule is Cc1cnc(-n2ccc(C(C)(C)O)n2)c(C)c1-n1c(C)cc(OCc2ncc(F)cc2F)c(Cl)c1=O. The number of aliphatic hydroxyl groups is 1. The molecule has 0 fully saturated rings. The summed E-state index contributed by atoms with van der Waals surface area (Å²) in [6.45, 7) is 8.27. The lowest BCUT2D eigenvalue weighted by Gasteiger charge is -2.19. The van der Waals surface area contributed by atoms with Crippen molar-refractivity contribution < 1.29 is 18.6 Å². The van der Waals surface area contributed by atoms with Crippen LogP contribution in [-0.4, -0.2) is 29.4 Å². The fraction of sp³-hybridized carbons (Fsp3) is 0.280. The molecule has 0 unspecified atom stereocenters. The molecular formula is C25H24ClF2N5O3. The highest BCUT2D eigenvalue weighted by Crippen LogP contribution is 2.29. The molecule has 0 spiro atoms. The molecule has 8 nitrogen and oxygen atoms in total. The summed E-state index contributed by atoms with van der Waals surface area (Å²) in [6.07, 6.45) is 4.18. The molecule has 0 bridgehead atoms. The lowest BCUT2D eigenvalue weighted by atomic mass is 10.1. The van der Waals surface area contributed by atoms with E-state index in [1.165, 1.54) is 9.25 Å². The Morgan fingerprint density at radius 3 is 2.50 bits per heavy atom. The quantitative estimate of drug-likeness (QED) is 0.407. The summed E-state index contributed by atoms with van der Waals surface area (Å²) in [5.74, 6) is -1.14. The molecule has 0 aliphatic rings. The minimum Gasteiger partial charge on any atom is -0.485 e. The second-order valence-electron chi connectivity index (χ2n) is 8.92. The van der Waals surface area contributed by atoms with Crippen molar-refractivity contribution in [3.8, 4) is 17.3 Å². The van der Waals surface area contributed by atoms with E-state index in [0.29, 0.717) is 34.5 Å². The molecule has 36 heavy (non-hydrogen) atoms. The van der Waals surface area contributed by atoms with E-state index < -0.39 is 22.8 Å². The molecule has 4 rings (SSSR count). The largest absolute Gasteiger partial charge is 0.485 e. The highest BCUT2D eigenvalue weighted by atomic mass is 35.5. The third-order valence-electron chi connectivity index (χ3n) is 5.65. The average molecular weight is 516 g/mol. The summed E-state index contributed by atoms with van der Waals surface area (Å²) >= 11 is 6.37. The third kappa shape index (κ3) is 4.74. The van der Waals surface area contributed by atoms with E-state index in [1.54, 1.807) is 45.3 Å². The zero-order chi connectivity index (χ0) is 26.4. The molecule has 0 saturated heterocycles. The summed E-state index contributed by atoms with van der Waals surface area (Å²) in [4.78, 5) is 21.5. The Labute approximate surface area is 210 Å². The number of hydrogen-bond acceptors (Lipinski definition) is 6. The molecule has 0 radical (unpaired) electrons. The van der Waals surface area contributed by atoms with Gasteiger partial charge in [0.15, 0.2) is 11.6 Å². The van der Waals surface area contributed by atoms with Crippen LogP contribution in [0, 0.1) is 32.4 Å². The molecule has 0 aromatic carbocycles. The zero-order valence-electron chi connectivity index (χ0n) is 20.3. The maximum Gasteiger partial charge on any atom is 0.277 e. The van der Waals surface area contributed by atoms with Gasteiger partial charge in [-0.05, 0) is 46.2 Å². The van der Waals surface area contributed by atoms with Crippen LogP contribution in [0.5, 0.6) is 5.75 Å². The van der Waals surface area contributed by atoms with Crippen molar-refractivity contribution >= 4 is 11.6 Å². The topological polar surface area (TPSA) is 95.1 Å². The van der Waals surface area contributed by atoms with Crippen molar-refractivity contribution in [2.45, 2.75) is 46.8 Å². The normalized spacial score (nSPS) is 11.7. The number of ether oxygens (including phenoxy) is 1. The molecule has 4 heterocycles. The first-order valence-corrected chi connectivity index (χ1v) is 11.4. The fourth-order valence-corrected chi connectivity index (χ4v) is 4.01. The molecule has 0 amide bonds. The molecule has 1 N–H and O–H groups in total. The van der Waals surface area contributed by atoms with Crippen molar-refractivity contribution in [1.29, 1.82) is 0 Å². The van der Waals surface area contributed by atoms with Gasteiger partial charge in [0.2, 0.25) is 0 Å². The van der Waals surface area contributed by atoms with Crippen LogP contribution in [0.15, 0.2) is 41.6 Å². The lowest BCUT2D eigenvalue weighted by Crippen LogP contribution is -2.24. The van der Waals surface area contributed by atoms with Gasteiger partial charge in [-0.25, -0.2) is 18.4 Å². The minimum atomic E-state index is -1.13. The molecule has 4 aromatic heterocycles. The first-order chi connectivity index (χ1) is 16.9. The highest BCUT2D eigenvalue weighted by Gasteiger charge is 2.22. The van der Waals surface area contributed by atoms with Crippen LogP contribution in [0.2, 0.25) is 5.02 Å². The van der Waals surface area contributed by atoms with Gasteiger partial charge in [-0.2, -0.15) is 5.10 Å². The molecule has 11 heteroatoms. The van der Waals surface area contributed by atoms with Gasteiger partial charge in [0.05, 0.1) is 17.6 Å². The van der Waals surface area contributed by atoms with Crippen molar-refractivity contribution in [3.05, 3.63) is 92.0 Å². The Hall–Kier alpha value is -3.63. The van der Waals surface area contributed by atoms with Crippen LogP contribution < -0.4 is 10.3 Å². The Morgan fingerprint density at radius 1 is 1.14 bits per heavy atom. The summed E-state index contributed by atoms with van der Waals surface area (Å²) in [5.41, 5.74) is 1.14. The van der Waals surface area contributed by atoms with E-state index in [1.807, 2.05) is 13.8 Å². The summed E-state index contributed by atoms with van der Waals surface area (Å²) in [6, 6.07) is 3.96. The molecule has 0 saturated carbocycles.